The van der Waals surface area contributed by atoms with Crippen molar-refractivity contribution in [3.63, 3.8) is 0 Å². The molecule has 1 fully saturated rings. The predicted octanol–water partition coefficient (Wildman–Crippen LogP) is 3.34. The fourth-order valence-corrected chi connectivity index (χ4v) is 2.69. The van der Waals surface area contributed by atoms with Crippen molar-refractivity contribution in [2.75, 3.05) is 25.0 Å². The van der Waals surface area contributed by atoms with Crippen molar-refractivity contribution in [3.8, 4) is 0 Å². The van der Waals surface area contributed by atoms with Crippen LogP contribution >= 0.6 is 0 Å². The lowest BCUT2D eigenvalue weighted by molar-refractivity contribution is 0.170. The quantitative estimate of drug-likeness (QED) is 0.789. The highest BCUT2D eigenvalue weighted by atomic mass is 15.3. The highest BCUT2D eigenvalue weighted by Crippen LogP contribution is 2.23. The van der Waals surface area contributed by atoms with E-state index in [2.05, 4.69) is 68.8 Å². The van der Waals surface area contributed by atoms with Crippen molar-refractivity contribution >= 4 is 5.69 Å². The van der Waals surface area contributed by atoms with Gasteiger partial charge in [-0.3, -0.25) is 4.90 Å². The Bertz CT molecular complexity index is 371. The van der Waals surface area contributed by atoms with E-state index in [1.165, 1.54) is 11.3 Å². The fraction of sp³-hybridized carbons (Fsp3) is 0.625. The Morgan fingerprint density at radius 3 is 1.94 bits per heavy atom. The number of piperazine rings is 1. The molecule has 0 amide bonds. The van der Waals surface area contributed by atoms with Gasteiger partial charge in [0.2, 0.25) is 0 Å². The maximum Gasteiger partial charge on any atom is 0.0367 e. The Balaban J connectivity index is 2.12. The van der Waals surface area contributed by atoms with Crippen LogP contribution in [-0.4, -0.2) is 37.1 Å². The molecule has 18 heavy (non-hydrogen) atoms. The molecule has 1 saturated heterocycles. The van der Waals surface area contributed by atoms with E-state index < -0.39 is 0 Å². The topological polar surface area (TPSA) is 6.48 Å². The standard InChI is InChI=1S/C16H26N2/c1-12(2)15-6-8-16(9-7-15)18-10-13(3)17(5)14(4)11-18/h6-9,12-14H,10-11H2,1-5H3. The first-order chi connectivity index (χ1) is 8.49. The summed E-state index contributed by atoms with van der Waals surface area (Å²) < 4.78 is 0. The Hall–Kier alpha value is -1.02. The monoisotopic (exact) mass is 246 g/mol. The molecule has 2 unspecified atom stereocenters. The molecule has 0 saturated carbocycles. The smallest absolute Gasteiger partial charge is 0.0367 e. The molecule has 0 spiro atoms. The molecule has 2 heteroatoms. The van der Waals surface area contributed by atoms with Gasteiger partial charge in [0.1, 0.15) is 0 Å². The van der Waals surface area contributed by atoms with Crippen molar-refractivity contribution < 1.29 is 0 Å². The molecular formula is C16H26N2. The fourth-order valence-electron chi connectivity index (χ4n) is 2.69. The second-order valence-electron chi connectivity index (χ2n) is 6.01. The highest BCUT2D eigenvalue weighted by Gasteiger charge is 2.26. The largest absolute Gasteiger partial charge is 0.368 e. The normalized spacial score (nSPS) is 25.8. The molecular weight excluding hydrogens is 220 g/mol. The molecule has 2 nitrogen and oxygen atoms in total. The maximum absolute atomic E-state index is 2.51. The van der Waals surface area contributed by atoms with E-state index in [1.807, 2.05) is 0 Å². The van der Waals surface area contributed by atoms with Gasteiger partial charge >= 0.3 is 0 Å². The first-order valence-corrected chi connectivity index (χ1v) is 7.06. The van der Waals surface area contributed by atoms with Gasteiger partial charge in [-0.05, 0) is 44.5 Å². The van der Waals surface area contributed by atoms with Crippen molar-refractivity contribution in [1.29, 1.82) is 0 Å². The van der Waals surface area contributed by atoms with Gasteiger partial charge in [0.15, 0.2) is 0 Å². The molecule has 0 bridgehead atoms. The third kappa shape index (κ3) is 2.69. The number of rotatable bonds is 2. The van der Waals surface area contributed by atoms with Crippen LogP contribution in [0.5, 0.6) is 0 Å². The van der Waals surface area contributed by atoms with E-state index in [4.69, 9.17) is 0 Å². The SMILES string of the molecule is CC(C)c1ccc(N2CC(C)N(C)C(C)C2)cc1. The molecule has 1 heterocycles. The van der Waals surface area contributed by atoms with E-state index >= 15 is 0 Å². The molecule has 1 aromatic carbocycles. The van der Waals surface area contributed by atoms with Crippen LogP contribution in [0.1, 0.15) is 39.2 Å². The molecule has 1 aromatic rings. The van der Waals surface area contributed by atoms with Gasteiger partial charge in [0.05, 0.1) is 0 Å². The van der Waals surface area contributed by atoms with Crippen molar-refractivity contribution in [3.05, 3.63) is 29.8 Å². The van der Waals surface area contributed by atoms with E-state index in [0.29, 0.717) is 18.0 Å². The molecule has 1 aliphatic rings. The number of anilines is 1. The third-order valence-electron chi connectivity index (χ3n) is 4.28. The summed E-state index contributed by atoms with van der Waals surface area (Å²) in [6.45, 7) is 11.4. The summed E-state index contributed by atoms with van der Waals surface area (Å²) in [6.07, 6.45) is 0. The van der Waals surface area contributed by atoms with Crippen LogP contribution < -0.4 is 4.90 Å². The van der Waals surface area contributed by atoms with Gasteiger partial charge in [-0.15, -0.1) is 0 Å². The number of hydrogen-bond donors (Lipinski definition) is 0. The van der Waals surface area contributed by atoms with Crippen LogP contribution in [0.4, 0.5) is 5.69 Å². The Morgan fingerprint density at radius 1 is 1.00 bits per heavy atom. The van der Waals surface area contributed by atoms with Gasteiger partial charge in [-0.1, -0.05) is 26.0 Å². The van der Waals surface area contributed by atoms with Crippen molar-refractivity contribution in [2.45, 2.75) is 45.7 Å². The lowest BCUT2D eigenvalue weighted by atomic mass is 10.0. The summed E-state index contributed by atoms with van der Waals surface area (Å²) >= 11 is 0. The average molecular weight is 246 g/mol. The van der Waals surface area contributed by atoms with Crippen molar-refractivity contribution in [2.24, 2.45) is 0 Å². The van der Waals surface area contributed by atoms with E-state index in [-0.39, 0.29) is 0 Å². The van der Waals surface area contributed by atoms with E-state index in [9.17, 15) is 0 Å². The number of nitrogens with zero attached hydrogens (tertiary/aromatic N) is 2. The van der Waals surface area contributed by atoms with E-state index in [1.54, 1.807) is 0 Å². The number of likely N-dealkylation sites (N-methyl/N-ethyl adjacent to an activating group) is 1. The van der Waals surface area contributed by atoms with Crippen LogP contribution in [0.2, 0.25) is 0 Å². The first-order valence-electron chi connectivity index (χ1n) is 7.06. The van der Waals surface area contributed by atoms with Gasteiger partial charge in [-0.25, -0.2) is 0 Å². The molecule has 1 aliphatic heterocycles. The first kappa shape index (κ1) is 13.4. The summed E-state index contributed by atoms with van der Waals surface area (Å²) in [6, 6.07) is 10.3. The summed E-state index contributed by atoms with van der Waals surface area (Å²) in [4.78, 5) is 4.98. The second kappa shape index (κ2) is 5.31. The van der Waals surface area contributed by atoms with Crippen molar-refractivity contribution in [1.82, 2.24) is 4.90 Å². The predicted molar refractivity (Wildman–Crippen MR) is 79.4 cm³/mol. The Morgan fingerprint density at radius 2 is 1.50 bits per heavy atom. The summed E-state index contributed by atoms with van der Waals surface area (Å²) in [7, 11) is 2.23. The zero-order valence-corrected chi connectivity index (χ0v) is 12.4. The minimum absolute atomic E-state index is 0.615. The van der Waals surface area contributed by atoms with Gasteiger partial charge in [0, 0.05) is 30.9 Å². The van der Waals surface area contributed by atoms with Crippen LogP contribution in [0, 0.1) is 0 Å². The zero-order chi connectivity index (χ0) is 13.3. The summed E-state index contributed by atoms with van der Waals surface area (Å²) in [5.41, 5.74) is 2.79. The number of hydrogen-bond acceptors (Lipinski definition) is 2. The molecule has 0 aromatic heterocycles. The molecule has 0 N–H and O–H groups in total. The van der Waals surface area contributed by atoms with Crippen LogP contribution in [-0.2, 0) is 0 Å². The lowest BCUT2D eigenvalue weighted by Gasteiger charge is -2.43. The molecule has 2 rings (SSSR count). The maximum atomic E-state index is 2.51. The molecule has 2 atom stereocenters. The highest BCUT2D eigenvalue weighted by molar-refractivity contribution is 5.49. The van der Waals surface area contributed by atoms with Gasteiger partial charge < -0.3 is 4.90 Å². The number of benzene rings is 1. The minimum atomic E-state index is 0.615. The van der Waals surface area contributed by atoms with Crippen LogP contribution in [0.15, 0.2) is 24.3 Å². The Labute approximate surface area is 112 Å². The van der Waals surface area contributed by atoms with Crippen LogP contribution in [0.3, 0.4) is 0 Å². The zero-order valence-electron chi connectivity index (χ0n) is 12.4. The summed E-state index contributed by atoms with van der Waals surface area (Å²) in [5.74, 6) is 0.615. The van der Waals surface area contributed by atoms with Gasteiger partial charge in [0.25, 0.3) is 0 Å². The third-order valence-corrected chi connectivity index (χ3v) is 4.28. The molecule has 100 valence electrons. The summed E-state index contributed by atoms with van der Waals surface area (Å²) in [5, 5.41) is 0. The molecule has 0 aliphatic carbocycles. The second-order valence-corrected chi connectivity index (χ2v) is 6.01. The van der Waals surface area contributed by atoms with Gasteiger partial charge in [-0.2, -0.15) is 0 Å². The molecule has 0 radical (unpaired) electrons. The minimum Gasteiger partial charge on any atom is -0.368 e. The Kier molecular flexibility index (Phi) is 3.96. The average Bonchev–Trinajstić information content (AvgIpc) is 2.35. The van der Waals surface area contributed by atoms with Crippen LogP contribution in [0.25, 0.3) is 0 Å². The lowest BCUT2D eigenvalue weighted by Crippen LogP contribution is -2.55. The van der Waals surface area contributed by atoms with E-state index in [0.717, 1.165) is 13.1 Å².